The van der Waals surface area contributed by atoms with E-state index in [2.05, 4.69) is 26.9 Å². The molecule has 0 aromatic heterocycles. The molecule has 1 saturated heterocycles. The number of hydrogen-bond donors (Lipinski definition) is 2. The monoisotopic (exact) mass is 312 g/mol. The zero-order valence-electron chi connectivity index (χ0n) is 10.6. The highest BCUT2D eigenvalue weighted by Gasteiger charge is 2.21. The Bertz CT molecular complexity index is 375. The highest BCUT2D eigenvalue weighted by Crippen LogP contribution is 2.24. The molecule has 100 valence electrons. The molecule has 1 atom stereocenters. The van der Waals surface area contributed by atoms with E-state index in [1.807, 2.05) is 12.1 Å². The highest BCUT2D eigenvalue weighted by atomic mass is 79.9. The number of piperidine rings is 1. The molecule has 0 radical (unpaired) electrons. The zero-order valence-corrected chi connectivity index (χ0v) is 12.2. The first-order valence-electron chi connectivity index (χ1n) is 6.59. The number of halogens is 1. The van der Waals surface area contributed by atoms with Gasteiger partial charge in [0, 0.05) is 29.4 Å². The van der Waals surface area contributed by atoms with Crippen molar-refractivity contribution in [2.45, 2.75) is 38.3 Å². The van der Waals surface area contributed by atoms with E-state index in [0.717, 1.165) is 29.7 Å². The van der Waals surface area contributed by atoms with Crippen LogP contribution in [0.5, 0.6) is 0 Å². The summed E-state index contributed by atoms with van der Waals surface area (Å²) >= 11 is 3.49. The molecule has 3 nitrogen and oxygen atoms in total. The number of anilines is 1. The first kappa shape index (κ1) is 13.8. The molecule has 1 aromatic rings. The maximum Gasteiger partial charge on any atom is 0.0445 e. The first-order chi connectivity index (χ1) is 8.69. The Morgan fingerprint density at radius 3 is 2.89 bits per heavy atom. The van der Waals surface area contributed by atoms with E-state index in [-0.39, 0.29) is 6.61 Å². The van der Waals surface area contributed by atoms with Crippen LogP contribution in [0.25, 0.3) is 0 Å². The van der Waals surface area contributed by atoms with Crippen LogP contribution in [0.1, 0.15) is 31.2 Å². The van der Waals surface area contributed by atoms with Gasteiger partial charge in [-0.05, 0) is 49.6 Å². The summed E-state index contributed by atoms with van der Waals surface area (Å²) < 4.78 is 1.04. The summed E-state index contributed by atoms with van der Waals surface area (Å²) in [6.07, 6.45) is 4.61. The minimum absolute atomic E-state index is 0.280. The fraction of sp³-hybridized carbons (Fsp3) is 0.571. The number of nitrogens with zero attached hydrogens (tertiary/aromatic N) is 1. The van der Waals surface area contributed by atoms with Crippen molar-refractivity contribution in [1.82, 2.24) is 4.90 Å². The van der Waals surface area contributed by atoms with E-state index in [4.69, 9.17) is 10.8 Å². The number of benzene rings is 1. The second-order valence-corrected chi connectivity index (χ2v) is 5.94. The van der Waals surface area contributed by atoms with Gasteiger partial charge < -0.3 is 10.8 Å². The van der Waals surface area contributed by atoms with Crippen LogP contribution in [0.2, 0.25) is 0 Å². The molecule has 18 heavy (non-hydrogen) atoms. The molecule has 1 fully saturated rings. The fourth-order valence-electron chi connectivity index (χ4n) is 2.75. The van der Waals surface area contributed by atoms with Gasteiger partial charge in [-0.25, -0.2) is 0 Å². The molecule has 1 aliphatic rings. The average Bonchev–Trinajstić information content (AvgIpc) is 2.30. The number of hydrogen-bond acceptors (Lipinski definition) is 3. The molecule has 0 aliphatic carbocycles. The molecule has 3 N–H and O–H groups in total. The van der Waals surface area contributed by atoms with Gasteiger partial charge in [-0.1, -0.05) is 22.4 Å². The number of nitrogen functional groups attached to an aromatic ring is 1. The van der Waals surface area contributed by atoms with Gasteiger partial charge in [0.1, 0.15) is 0 Å². The van der Waals surface area contributed by atoms with E-state index >= 15 is 0 Å². The van der Waals surface area contributed by atoms with Crippen molar-refractivity contribution in [2.75, 3.05) is 18.9 Å². The Morgan fingerprint density at radius 1 is 1.33 bits per heavy atom. The Labute approximate surface area is 117 Å². The predicted octanol–water partition coefficient (Wildman–Crippen LogP) is 2.77. The van der Waals surface area contributed by atoms with Crippen LogP contribution in [-0.2, 0) is 6.54 Å². The number of rotatable bonds is 4. The second-order valence-electron chi connectivity index (χ2n) is 5.03. The largest absolute Gasteiger partial charge is 0.399 e. The van der Waals surface area contributed by atoms with Crippen LogP contribution in [0.15, 0.2) is 22.7 Å². The minimum atomic E-state index is 0.280. The van der Waals surface area contributed by atoms with Gasteiger partial charge in [0.05, 0.1) is 0 Å². The van der Waals surface area contributed by atoms with Crippen molar-refractivity contribution in [3.8, 4) is 0 Å². The Kier molecular flexibility index (Phi) is 5.03. The lowest BCUT2D eigenvalue weighted by Gasteiger charge is -2.35. The van der Waals surface area contributed by atoms with Gasteiger partial charge in [0.15, 0.2) is 0 Å². The van der Waals surface area contributed by atoms with Gasteiger partial charge in [-0.3, -0.25) is 4.90 Å². The molecule has 2 rings (SSSR count). The third kappa shape index (κ3) is 3.70. The Morgan fingerprint density at radius 2 is 2.17 bits per heavy atom. The summed E-state index contributed by atoms with van der Waals surface area (Å²) in [6, 6.07) is 6.60. The topological polar surface area (TPSA) is 49.5 Å². The summed E-state index contributed by atoms with van der Waals surface area (Å²) in [5, 5.41) is 9.14. The van der Waals surface area contributed by atoms with Gasteiger partial charge in [0.2, 0.25) is 0 Å². The number of aliphatic hydroxyl groups excluding tert-OH is 1. The van der Waals surface area contributed by atoms with Crippen LogP contribution >= 0.6 is 15.9 Å². The van der Waals surface area contributed by atoms with Crippen molar-refractivity contribution >= 4 is 21.6 Å². The van der Waals surface area contributed by atoms with Crippen LogP contribution in [0, 0.1) is 0 Å². The zero-order chi connectivity index (χ0) is 13.0. The van der Waals surface area contributed by atoms with E-state index in [0.29, 0.717) is 6.04 Å². The molecule has 1 heterocycles. The van der Waals surface area contributed by atoms with Crippen molar-refractivity contribution in [3.63, 3.8) is 0 Å². The highest BCUT2D eigenvalue weighted by molar-refractivity contribution is 9.10. The van der Waals surface area contributed by atoms with Crippen LogP contribution in [0.4, 0.5) is 5.69 Å². The third-order valence-corrected chi connectivity index (χ3v) is 4.03. The maximum atomic E-state index is 9.14. The van der Waals surface area contributed by atoms with E-state index in [1.54, 1.807) is 0 Å². The lowest BCUT2D eigenvalue weighted by Crippen LogP contribution is -2.39. The minimum Gasteiger partial charge on any atom is -0.399 e. The van der Waals surface area contributed by atoms with Crippen molar-refractivity contribution in [1.29, 1.82) is 0 Å². The van der Waals surface area contributed by atoms with E-state index < -0.39 is 0 Å². The molecule has 4 heteroatoms. The second kappa shape index (κ2) is 6.55. The normalized spacial score (nSPS) is 21.1. The van der Waals surface area contributed by atoms with Crippen LogP contribution in [0.3, 0.4) is 0 Å². The molecular formula is C14H21BrN2O. The lowest BCUT2D eigenvalue weighted by molar-refractivity contribution is 0.112. The van der Waals surface area contributed by atoms with Gasteiger partial charge in [-0.15, -0.1) is 0 Å². The summed E-state index contributed by atoms with van der Waals surface area (Å²) in [7, 11) is 0. The molecule has 1 aromatic carbocycles. The Balaban J connectivity index is 2.05. The molecule has 0 saturated carbocycles. The van der Waals surface area contributed by atoms with Crippen LogP contribution < -0.4 is 5.73 Å². The van der Waals surface area contributed by atoms with Crippen LogP contribution in [-0.4, -0.2) is 29.2 Å². The van der Waals surface area contributed by atoms with E-state index in [9.17, 15) is 0 Å². The summed E-state index contributed by atoms with van der Waals surface area (Å²) in [5.41, 5.74) is 7.91. The third-order valence-electron chi connectivity index (χ3n) is 3.58. The van der Waals surface area contributed by atoms with Gasteiger partial charge >= 0.3 is 0 Å². The first-order valence-corrected chi connectivity index (χ1v) is 7.38. The standard InChI is InChI=1S/C14H21BrN2O/c15-12-7-11(8-13(16)9-12)10-17-5-2-1-3-14(17)4-6-18/h7-9,14,18H,1-6,10,16H2. The van der Waals surface area contributed by atoms with Crippen molar-refractivity contribution in [3.05, 3.63) is 28.2 Å². The average molecular weight is 313 g/mol. The van der Waals surface area contributed by atoms with Gasteiger partial charge in [-0.2, -0.15) is 0 Å². The van der Waals surface area contributed by atoms with Crippen molar-refractivity contribution in [2.24, 2.45) is 0 Å². The van der Waals surface area contributed by atoms with Gasteiger partial charge in [0.25, 0.3) is 0 Å². The SMILES string of the molecule is Nc1cc(Br)cc(CN2CCCCC2CCO)c1. The molecule has 0 bridgehead atoms. The fourth-order valence-corrected chi connectivity index (χ4v) is 3.30. The maximum absolute atomic E-state index is 9.14. The smallest absolute Gasteiger partial charge is 0.0445 e. The quantitative estimate of drug-likeness (QED) is 0.841. The summed E-state index contributed by atoms with van der Waals surface area (Å²) in [6.45, 7) is 2.33. The molecule has 1 aliphatic heterocycles. The van der Waals surface area contributed by atoms with E-state index in [1.165, 1.54) is 24.8 Å². The molecule has 0 amide bonds. The molecule has 0 spiro atoms. The summed E-state index contributed by atoms with van der Waals surface area (Å²) in [5.74, 6) is 0. The Hall–Kier alpha value is -0.580. The summed E-state index contributed by atoms with van der Waals surface area (Å²) in [4.78, 5) is 2.47. The number of likely N-dealkylation sites (tertiary alicyclic amines) is 1. The predicted molar refractivity (Wildman–Crippen MR) is 78.3 cm³/mol. The number of nitrogens with two attached hydrogens (primary N) is 1. The van der Waals surface area contributed by atoms with Crippen molar-refractivity contribution < 1.29 is 5.11 Å². The molecule has 1 unspecified atom stereocenters. The molecular weight excluding hydrogens is 292 g/mol. The lowest BCUT2D eigenvalue weighted by atomic mass is 9.99. The number of aliphatic hydroxyl groups is 1.